The van der Waals surface area contributed by atoms with E-state index in [1.807, 2.05) is 0 Å². The molecule has 8 nitrogen and oxygen atoms in total. The van der Waals surface area contributed by atoms with Crippen molar-refractivity contribution in [2.45, 2.75) is 52.7 Å². The summed E-state index contributed by atoms with van der Waals surface area (Å²) in [6, 6.07) is 9.86. The summed E-state index contributed by atoms with van der Waals surface area (Å²) in [5.74, 6) is 0.372. The zero-order valence-electron chi connectivity index (χ0n) is 18.1. The van der Waals surface area contributed by atoms with Crippen molar-refractivity contribution in [3.63, 3.8) is 0 Å². The summed E-state index contributed by atoms with van der Waals surface area (Å²) in [5.41, 5.74) is 12.7. The number of hydrogen-bond acceptors (Lipinski definition) is 8. The Morgan fingerprint density at radius 1 is 0.667 bits per heavy atom. The summed E-state index contributed by atoms with van der Waals surface area (Å²) >= 11 is 0. The van der Waals surface area contributed by atoms with Gasteiger partial charge in [-0.2, -0.15) is 0 Å². The molecular formula is C22H28N2O6. The van der Waals surface area contributed by atoms with Crippen LogP contribution in [0.15, 0.2) is 36.4 Å². The zero-order chi connectivity index (χ0) is 22.7. The third-order valence-electron chi connectivity index (χ3n) is 3.52. The number of anilines is 2. The van der Waals surface area contributed by atoms with Crippen LogP contribution in [0.4, 0.5) is 21.0 Å². The molecule has 0 aliphatic heterocycles. The normalized spacial score (nSPS) is 11.5. The first kappa shape index (κ1) is 22.9. The van der Waals surface area contributed by atoms with E-state index in [1.54, 1.807) is 77.9 Å². The van der Waals surface area contributed by atoms with Crippen molar-refractivity contribution >= 4 is 23.7 Å². The van der Waals surface area contributed by atoms with Crippen molar-refractivity contribution in [2.24, 2.45) is 0 Å². The van der Waals surface area contributed by atoms with E-state index in [-0.39, 0.29) is 22.9 Å². The maximum absolute atomic E-state index is 11.8. The lowest BCUT2D eigenvalue weighted by Crippen LogP contribution is -2.26. The van der Waals surface area contributed by atoms with Crippen LogP contribution in [0.1, 0.15) is 41.5 Å². The van der Waals surface area contributed by atoms with Crippen LogP contribution in [0.25, 0.3) is 11.1 Å². The number of nitrogens with two attached hydrogens (primary N) is 2. The fraction of sp³-hybridized carbons (Fsp3) is 0.364. The third-order valence-corrected chi connectivity index (χ3v) is 3.52. The van der Waals surface area contributed by atoms with Gasteiger partial charge in [0.05, 0.1) is 11.4 Å². The number of benzene rings is 2. The molecule has 0 atom stereocenters. The number of hydrogen-bond donors (Lipinski definition) is 2. The Morgan fingerprint density at radius 2 is 1.00 bits per heavy atom. The highest BCUT2D eigenvalue weighted by atomic mass is 16.7. The number of nitrogen functional groups attached to an aromatic ring is 2. The smallest absolute Gasteiger partial charge is 0.428 e. The van der Waals surface area contributed by atoms with Crippen LogP contribution in [-0.4, -0.2) is 23.5 Å². The number of rotatable bonds is 3. The van der Waals surface area contributed by atoms with Gasteiger partial charge in [-0.3, -0.25) is 0 Å². The van der Waals surface area contributed by atoms with Crippen molar-refractivity contribution in [1.29, 1.82) is 0 Å². The molecule has 0 bridgehead atoms. The summed E-state index contributed by atoms with van der Waals surface area (Å²) in [7, 11) is 0. The molecule has 162 valence electrons. The highest BCUT2D eigenvalue weighted by Gasteiger charge is 2.20. The minimum atomic E-state index is -0.838. The Balaban J connectivity index is 2.14. The molecule has 0 aliphatic carbocycles. The molecule has 4 N–H and O–H groups in total. The second kappa shape index (κ2) is 8.52. The summed E-state index contributed by atoms with van der Waals surface area (Å²) < 4.78 is 20.5. The summed E-state index contributed by atoms with van der Waals surface area (Å²) in [4.78, 5) is 23.6. The van der Waals surface area contributed by atoms with Crippen LogP contribution >= 0.6 is 0 Å². The molecule has 0 aliphatic rings. The van der Waals surface area contributed by atoms with Gasteiger partial charge in [0.15, 0.2) is 11.5 Å². The Bertz CT molecular complexity index is 864. The molecule has 2 rings (SSSR count). The molecule has 0 heterocycles. The lowest BCUT2D eigenvalue weighted by molar-refractivity contribution is 0.0194. The van der Waals surface area contributed by atoms with Crippen LogP contribution in [0, 0.1) is 0 Å². The van der Waals surface area contributed by atoms with E-state index in [4.69, 9.17) is 30.4 Å². The molecule has 0 fully saturated rings. The molecule has 0 aromatic heterocycles. The zero-order valence-corrected chi connectivity index (χ0v) is 18.1. The van der Waals surface area contributed by atoms with Gasteiger partial charge in [-0.25, -0.2) is 9.59 Å². The van der Waals surface area contributed by atoms with Gasteiger partial charge < -0.3 is 30.4 Å². The van der Waals surface area contributed by atoms with Gasteiger partial charge in [0.25, 0.3) is 0 Å². The molecule has 0 spiro atoms. The average Bonchev–Trinajstić information content (AvgIpc) is 2.55. The maximum atomic E-state index is 11.8. The van der Waals surface area contributed by atoms with E-state index < -0.39 is 23.5 Å². The summed E-state index contributed by atoms with van der Waals surface area (Å²) in [5, 5.41) is 0. The summed E-state index contributed by atoms with van der Waals surface area (Å²) in [6.45, 7) is 10.4. The molecular weight excluding hydrogens is 388 g/mol. The van der Waals surface area contributed by atoms with Crippen molar-refractivity contribution in [3.8, 4) is 22.6 Å². The summed E-state index contributed by atoms with van der Waals surface area (Å²) in [6.07, 6.45) is -1.68. The number of carbonyl (C=O) groups is 2. The van der Waals surface area contributed by atoms with Crippen LogP contribution in [0.2, 0.25) is 0 Å². The fourth-order valence-electron chi connectivity index (χ4n) is 2.36. The second-order valence-corrected chi connectivity index (χ2v) is 8.64. The monoisotopic (exact) mass is 416 g/mol. The molecule has 30 heavy (non-hydrogen) atoms. The standard InChI is InChI=1S/C22H28N2O6/c1-21(2,3)29-19(25)27-17-9-7-13(11-15(17)23)14-8-10-18(16(24)12-14)28-20(26)30-22(4,5)6/h7-12H,23-24H2,1-6H3. The lowest BCUT2D eigenvalue weighted by Gasteiger charge is -2.19. The van der Waals surface area contributed by atoms with E-state index in [2.05, 4.69) is 0 Å². The van der Waals surface area contributed by atoms with Gasteiger partial charge in [-0.05, 0) is 76.9 Å². The average molecular weight is 416 g/mol. The van der Waals surface area contributed by atoms with Gasteiger partial charge in [-0.1, -0.05) is 12.1 Å². The third kappa shape index (κ3) is 6.88. The van der Waals surface area contributed by atoms with Gasteiger partial charge in [0.1, 0.15) is 11.2 Å². The quantitative estimate of drug-likeness (QED) is 0.400. The van der Waals surface area contributed by atoms with Crippen molar-refractivity contribution in [1.82, 2.24) is 0 Å². The van der Waals surface area contributed by atoms with Crippen LogP contribution < -0.4 is 20.9 Å². The first-order valence-electron chi connectivity index (χ1n) is 9.34. The fourth-order valence-corrected chi connectivity index (χ4v) is 2.36. The molecule has 0 saturated carbocycles. The molecule has 0 unspecified atom stereocenters. The number of carbonyl (C=O) groups excluding carboxylic acids is 2. The van der Waals surface area contributed by atoms with Crippen LogP contribution in [0.3, 0.4) is 0 Å². The molecule has 2 aromatic rings. The predicted octanol–water partition coefficient (Wildman–Crippen LogP) is 5.15. The lowest BCUT2D eigenvalue weighted by atomic mass is 10.0. The van der Waals surface area contributed by atoms with E-state index in [0.717, 1.165) is 11.1 Å². The molecule has 0 radical (unpaired) electrons. The van der Waals surface area contributed by atoms with Gasteiger partial charge in [0.2, 0.25) is 0 Å². The Morgan fingerprint density at radius 3 is 1.27 bits per heavy atom. The highest BCUT2D eigenvalue weighted by molar-refractivity contribution is 5.77. The van der Waals surface area contributed by atoms with Crippen LogP contribution in [-0.2, 0) is 9.47 Å². The molecule has 0 saturated heterocycles. The minimum Gasteiger partial charge on any atom is -0.428 e. The van der Waals surface area contributed by atoms with E-state index >= 15 is 0 Å². The first-order chi connectivity index (χ1) is 13.7. The van der Waals surface area contributed by atoms with E-state index in [1.165, 1.54) is 0 Å². The molecule has 2 aromatic carbocycles. The van der Waals surface area contributed by atoms with E-state index in [0.29, 0.717) is 0 Å². The molecule has 0 amide bonds. The Hall–Kier alpha value is -3.42. The second-order valence-electron chi connectivity index (χ2n) is 8.64. The van der Waals surface area contributed by atoms with Gasteiger partial charge in [-0.15, -0.1) is 0 Å². The van der Waals surface area contributed by atoms with Crippen molar-refractivity contribution in [3.05, 3.63) is 36.4 Å². The highest BCUT2D eigenvalue weighted by Crippen LogP contribution is 2.33. The minimum absolute atomic E-state index is 0.186. The van der Waals surface area contributed by atoms with Gasteiger partial charge >= 0.3 is 12.3 Å². The first-order valence-corrected chi connectivity index (χ1v) is 9.34. The Labute approximate surface area is 176 Å². The van der Waals surface area contributed by atoms with Crippen molar-refractivity contribution < 1.29 is 28.5 Å². The predicted molar refractivity (Wildman–Crippen MR) is 114 cm³/mol. The van der Waals surface area contributed by atoms with Gasteiger partial charge in [0, 0.05) is 0 Å². The topological polar surface area (TPSA) is 123 Å². The van der Waals surface area contributed by atoms with Crippen LogP contribution in [0.5, 0.6) is 11.5 Å². The van der Waals surface area contributed by atoms with E-state index in [9.17, 15) is 9.59 Å². The van der Waals surface area contributed by atoms with Crippen molar-refractivity contribution in [2.75, 3.05) is 11.5 Å². The molecule has 8 heteroatoms. The largest absolute Gasteiger partial charge is 0.514 e. The number of ether oxygens (including phenoxy) is 4. The maximum Gasteiger partial charge on any atom is 0.514 e. The SMILES string of the molecule is CC(C)(C)OC(=O)Oc1ccc(-c2ccc(OC(=O)OC(C)(C)C)c(N)c2)cc1N. The Kier molecular flexibility index (Phi) is 6.50.